The number of nitrogens with zero attached hydrogens (tertiary/aromatic N) is 2. The molecule has 1 aromatic carbocycles. The molecule has 1 atom stereocenters. The zero-order valence-corrected chi connectivity index (χ0v) is 16.1. The summed E-state index contributed by atoms with van der Waals surface area (Å²) in [7, 11) is 0. The molecule has 6 heteroatoms. The van der Waals surface area contributed by atoms with Crippen LogP contribution in [0, 0.1) is 12.8 Å². The first-order chi connectivity index (χ1) is 12.1. The van der Waals surface area contributed by atoms with Gasteiger partial charge in [0, 0.05) is 30.0 Å². The Hall–Kier alpha value is -1.43. The lowest BCUT2D eigenvalue weighted by atomic mass is 9.97. The van der Waals surface area contributed by atoms with Gasteiger partial charge >= 0.3 is 0 Å². The van der Waals surface area contributed by atoms with Gasteiger partial charge in [0.05, 0.1) is 17.6 Å². The van der Waals surface area contributed by atoms with Crippen molar-refractivity contribution in [3.05, 3.63) is 50.9 Å². The fourth-order valence-corrected chi connectivity index (χ4v) is 4.13. The first-order valence-electron chi connectivity index (χ1n) is 8.71. The van der Waals surface area contributed by atoms with Crippen molar-refractivity contribution < 1.29 is 4.79 Å². The zero-order chi connectivity index (χ0) is 17.6. The van der Waals surface area contributed by atoms with Crippen LogP contribution in [0.5, 0.6) is 0 Å². The molecule has 1 aliphatic rings. The second-order valence-corrected chi connectivity index (χ2v) is 7.93. The Balaban J connectivity index is 1.46. The van der Waals surface area contributed by atoms with Crippen LogP contribution in [0.1, 0.15) is 29.7 Å². The number of carbonyl (C=O) groups is 1. The van der Waals surface area contributed by atoms with Crippen LogP contribution in [0.25, 0.3) is 0 Å². The van der Waals surface area contributed by atoms with Crippen molar-refractivity contribution in [2.45, 2.75) is 32.7 Å². The number of thiazole rings is 1. The van der Waals surface area contributed by atoms with Gasteiger partial charge < -0.3 is 5.32 Å². The number of amides is 1. The predicted molar refractivity (Wildman–Crippen MR) is 103 cm³/mol. The van der Waals surface area contributed by atoms with Crippen LogP contribution in [-0.2, 0) is 17.8 Å². The lowest BCUT2D eigenvalue weighted by molar-refractivity contribution is -0.120. The normalized spacial score (nSPS) is 18.2. The van der Waals surface area contributed by atoms with E-state index in [1.54, 1.807) is 5.51 Å². The Kier molecular flexibility index (Phi) is 6.45. The fraction of sp³-hybridized carbons (Fsp3) is 0.474. The average molecular weight is 378 g/mol. The largest absolute Gasteiger partial charge is 0.355 e. The van der Waals surface area contributed by atoms with Crippen LogP contribution in [-0.4, -0.2) is 35.4 Å². The summed E-state index contributed by atoms with van der Waals surface area (Å²) in [6.07, 6.45) is 2.73. The van der Waals surface area contributed by atoms with Crippen LogP contribution < -0.4 is 5.32 Å². The Morgan fingerprint density at radius 3 is 3.12 bits per heavy atom. The number of rotatable bonds is 6. The van der Waals surface area contributed by atoms with E-state index in [4.69, 9.17) is 11.6 Å². The van der Waals surface area contributed by atoms with E-state index in [0.29, 0.717) is 12.3 Å². The summed E-state index contributed by atoms with van der Waals surface area (Å²) in [5.74, 6) is 0.581. The van der Waals surface area contributed by atoms with E-state index in [9.17, 15) is 4.79 Å². The molecular weight excluding hydrogens is 354 g/mol. The highest BCUT2D eigenvalue weighted by molar-refractivity contribution is 7.07. The number of hydrogen-bond acceptors (Lipinski definition) is 4. The first kappa shape index (κ1) is 18.4. The van der Waals surface area contributed by atoms with Crippen LogP contribution >= 0.6 is 22.9 Å². The molecule has 1 amide bonds. The molecule has 1 saturated heterocycles. The van der Waals surface area contributed by atoms with Gasteiger partial charge in [-0.1, -0.05) is 17.7 Å². The minimum atomic E-state index is 0.0663. The van der Waals surface area contributed by atoms with Crippen molar-refractivity contribution in [1.29, 1.82) is 0 Å². The third-order valence-electron chi connectivity index (χ3n) is 4.71. The second-order valence-electron chi connectivity index (χ2n) is 6.77. The van der Waals surface area contributed by atoms with Gasteiger partial charge in [-0.25, -0.2) is 4.98 Å². The Morgan fingerprint density at radius 2 is 2.36 bits per heavy atom. The van der Waals surface area contributed by atoms with E-state index in [-0.39, 0.29) is 5.91 Å². The minimum Gasteiger partial charge on any atom is -0.355 e. The van der Waals surface area contributed by atoms with Gasteiger partial charge in [-0.05, 0) is 55.5 Å². The van der Waals surface area contributed by atoms with Gasteiger partial charge in [0.1, 0.15) is 0 Å². The van der Waals surface area contributed by atoms with Crippen LogP contribution in [0.2, 0.25) is 5.02 Å². The molecular formula is C19H24ClN3OS. The summed E-state index contributed by atoms with van der Waals surface area (Å²) in [5, 5.41) is 5.79. The van der Waals surface area contributed by atoms with Crippen molar-refractivity contribution in [3.63, 3.8) is 0 Å². The number of likely N-dealkylation sites (tertiary alicyclic amines) is 1. The number of aromatic nitrogens is 1. The molecule has 0 spiro atoms. The standard InChI is InChI=1S/C19H24ClN3OS/c1-14-7-17(20)5-4-16(14)11-23-6-2-3-15(10-23)9-21-19(24)8-18-12-25-13-22-18/h4-5,7,12-13,15H,2-3,6,8-11H2,1H3,(H,21,24). The average Bonchev–Trinajstić information content (AvgIpc) is 3.09. The first-order valence-corrected chi connectivity index (χ1v) is 10.0. The summed E-state index contributed by atoms with van der Waals surface area (Å²) in [5.41, 5.74) is 5.19. The highest BCUT2D eigenvalue weighted by Gasteiger charge is 2.21. The number of hydrogen-bond donors (Lipinski definition) is 1. The zero-order valence-electron chi connectivity index (χ0n) is 14.5. The monoisotopic (exact) mass is 377 g/mol. The van der Waals surface area contributed by atoms with Crippen LogP contribution in [0.4, 0.5) is 0 Å². The van der Waals surface area contributed by atoms with E-state index in [1.807, 2.05) is 17.5 Å². The molecule has 1 aliphatic heterocycles. The van der Waals surface area contributed by atoms with Gasteiger partial charge in [-0.3, -0.25) is 9.69 Å². The summed E-state index contributed by atoms with van der Waals surface area (Å²) in [4.78, 5) is 18.7. The van der Waals surface area contributed by atoms with E-state index in [2.05, 4.69) is 28.2 Å². The molecule has 2 aromatic rings. The summed E-state index contributed by atoms with van der Waals surface area (Å²) in [6.45, 7) is 5.96. The van der Waals surface area contributed by atoms with Crippen molar-refractivity contribution >= 4 is 28.8 Å². The predicted octanol–water partition coefficient (Wildman–Crippen LogP) is 3.68. The SMILES string of the molecule is Cc1cc(Cl)ccc1CN1CCCC(CNC(=O)Cc2cscn2)C1. The number of carbonyl (C=O) groups excluding carboxylic acids is 1. The summed E-state index contributed by atoms with van der Waals surface area (Å²) < 4.78 is 0. The Labute approximate surface area is 158 Å². The molecule has 0 radical (unpaired) electrons. The molecule has 1 aromatic heterocycles. The number of aryl methyl sites for hydroxylation is 1. The number of benzene rings is 1. The second kappa shape index (κ2) is 8.79. The lowest BCUT2D eigenvalue weighted by Gasteiger charge is -2.33. The van der Waals surface area contributed by atoms with E-state index < -0.39 is 0 Å². The Morgan fingerprint density at radius 1 is 1.48 bits per heavy atom. The maximum absolute atomic E-state index is 12.0. The van der Waals surface area contributed by atoms with Gasteiger partial charge in [-0.15, -0.1) is 11.3 Å². The van der Waals surface area contributed by atoms with E-state index in [1.165, 1.54) is 35.3 Å². The third kappa shape index (κ3) is 5.53. The maximum atomic E-state index is 12.0. The van der Waals surface area contributed by atoms with Crippen molar-refractivity contribution in [1.82, 2.24) is 15.2 Å². The number of halogens is 1. The molecule has 134 valence electrons. The lowest BCUT2D eigenvalue weighted by Crippen LogP contribution is -2.41. The molecule has 0 aliphatic carbocycles. The fourth-order valence-electron chi connectivity index (χ4n) is 3.35. The topological polar surface area (TPSA) is 45.2 Å². The molecule has 1 fully saturated rings. The number of piperidine rings is 1. The minimum absolute atomic E-state index is 0.0663. The molecule has 1 unspecified atom stereocenters. The van der Waals surface area contributed by atoms with Gasteiger partial charge in [0.25, 0.3) is 0 Å². The maximum Gasteiger partial charge on any atom is 0.226 e. The molecule has 3 rings (SSSR count). The highest BCUT2D eigenvalue weighted by atomic mass is 35.5. The summed E-state index contributed by atoms with van der Waals surface area (Å²) >= 11 is 7.57. The molecule has 1 N–H and O–H groups in total. The summed E-state index contributed by atoms with van der Waals surface area (Å²) in [6, 6.07) is 6.11. The Bertz CT molecular complexity index is 705. The van der Waals surface area contributed by atoms with Gasteiger partial charge in [0.15, 0.2) is 0 Å². The van der Waals surface area contributed by atoms with Crippen molar-refractivity contribution in [3.8, 4) is 0 Å². The van der Waals surface area contributed by atoms with Crippen molar-refractivity contribution in [2.24, 2.45) is 5.92 Å². The smallest absolute Gasteiger partial charge is 0.226 e. The quantitative estimate of drug-likeness (QED) is 0.835. The van der Waals surface area contributed by atoms with Gasteiger partial charge in [0.2, 0.25) is 5.91 Å². The van der Waals surface area contributed by atoms with E-state index in [0.717, 1.165) is 36.9 Å². The van der Waals surface area contributed by atoms with Gasteiger partial charge in [-0.2, -0.15) is 0 Å². The van der Waals surface area contributed by atoms with E-state index >= 15 is 0 Å². The van der Waals surface area contributed by atoms with Crippen molar-refractivity contribution in [2.75, 3.05) is 19.6 Å². The highest BCUT2D eigenvalue weighted by Crippen LogP contribution is 2.21. The molecule has 4 nitrogen and oxygen atoms in total. The molecule has 2 heterocycles. The van der Waals surface area contributed by atoms with Crippen LogP contribution in [0.3, 0.4) is 0 Å². The molecule has 0 saturated carbocycles. The molecule has 25 heavy (non-hydrogen) atoms. The number of nitrogens with one attached hydrogen (secondary N) is 1. The third-order valence-corrected chi connectivity index (χ3v) is 5.59. The van der Waals surface area contributed by atoms with Crippen LogP contribution in [0.15, 0.2) is 29.1 Å². The molecule has 0 bridgehead atoms.